The van der Waals surface area contributed by atoms with Gasteiger partial charge in [-0.2, -0.15) is 26.3 Å². The molecule has 0 fully saturated rings. The second-order valence-electron chi connectivity index (χ2n) is 4.09. The Bertz CT molecular complexity index is 435. The Morgan fingerprint density at radius 1 is 1.00 bits per heavy atom. The van der Waals surface area contributed by atoms with Gasteiger partial charge in [0.15, 0.2) is 5.92 Å². The summed E-state index contributed by atoms with van der Waals surface area (Å²) < 4.78 is 87.7. The Hall–Kier alpha value is -1.31. The molecule has 0 aliphatic rings. The monoisotopic (exact) mass is 289 g/mol. The fraction of sp³-hybridized carbons (Fsp3) is 0.455. The predicted molar refractivity (Wildman–Crippen MR) is 53.7 cm³/mol. The molecule has 1 aromatic carbocycles. The molecule has 1 atom stereocenters. The zero-order valence-corrected chi connectivity index (χ0v) is 9.61. The van der Waals surface area contributed by atoms with Crippen molar-refractivity contribution in [1.29, 1.82) is 0 Å². The van der Waals surface area contributed by atoms with Gasteiger partial charge in [-0.05, 0) is 30.2 Å². The van der Waals surface area contributed by atoms with Crippen LogP contribution in [0.4, 0.5) is 30.7 Å². The standard InChI is InChI=1S/C11H10F7N/c1-5-4-6(12)2-3-7(5)8(19)9(10(13,14)15)11(16,17)18/h2-4,8-9H,19H2,1H3. The van der Waals surface area contributed by atoms with Crippen LogP contribution in [0.2, 0.25) is 0 Å². The van der Waals surface area contributed by atoms with Gasteiger partial charge < -0.3 is 5.73 Å². The predicted octanol–water partition coefficient (Wildman–Crippen LogP) is 3.87. The number of rotatable bonds is 2. The molecule has 8 heteroatoms. The summed E-state index contributed by atoms with van der Waals surface area (Å²) in [6, 6.07) is 0.103. The summed E-state index contributed by atoms with van der Waals surface area (Å²) in [5.41, 5.74) is 4.65. The quantitative estimate of drug-likeness (QED) is 0.822. The van der Waals surface area contributed by atoms with Crippen LogP contribution in [0.25, 0.3) is 0 Å². The summed E-state index contributed by atoms with van der Waals surface area (Å²) in [7, 11) is 0. The topological polar surface area (TPSA) is 26.0 Å². The lowest BCUT2D eigenvalue weighted by Crippen LogP contribution is -2.44. The fourth-order valence-electron chi connectivity index (χ4n) is 1.79. The highest BCUT2D eigenvalue weighted by Crippen LogP contribution is 2.45. The summed E-state index contributed by atoms with van der Waals surface area (Å²) in [6.45, 7) is 1.20. The molecule has 0 saturated carbocycles. The van der Waals surface area contributed by atoms with Gasteiger partial charge in [-0.15, -0.1) is 0 Å². The Morgan fingerprint density at radius 2 is 1.47 bits per heavy atom. The lowest BCUT2D eigenvalue weighted by Gasteiger charge is -2.29. The molecule has 0 heterocycles. The number of hydrogen-bond acceptors (Lipinski definition) is 1. The number of hydrogen-bond donors (Lipinski definition) is 1. The minimum Gasteiger partial charge on any atom is -0.323 e. The Morgan fingerprint density at radius 3 is 1.84 bits per heavy atom. The molecular formula is C11H10F7N. The molecule has 0 radical (unpaired) electrons. The van der Waals surface area contributed by atoms with Crippen molar-refractivity contribution in [3.63, 3.8) is 0 Å². The Labute approximate surface area is 104 Å². The van der Waals surface area contributed by atoms with Crippen LogP contribution in [0.15, 0.2) is 18.2 Å². The van der Waals surface area contributed by atoms with Gasteiger partial charge in [0.1, 0.15) is 5.82 Å². The third-order valence-corrected chi connectivity index (χ3v) is 2.66. The molecule has 0 saturated heterocycles. The number of benzene rings is 1. The van der Waals surface area contributed by atoms with Crippen LogP contribution in [-0.2, 0) is 0 Å². The molecule has 0 bridgehead atoms. The molecule has 1 unspecified atom stereocenters. The van der Waals surface area contributed by atoms with Crippen molar-refractivity contribution in [2.75, 3.05) is 0 Å². The SMILES string of the molecule is Cc1cc(F)ccc1C(N)C(C(F)(F)F)C(F)(F)F. The van der Waals surface area contributed by atoms with Gasteiger partial charge in [-0.3, -0.25) is 0 Å². The van der Waals surface area contributed by atoms with Crippen molar-refractivity contribution in [3.05, 3.63) is 35.1 Å². The number of aryl methyl sites for hydroxylation is 1. The van der Waals surface area contributed by atoms with E-state index >= 15 is 0 Å². The van der Waals surface area contributed by atoms with Crippen LogP contribution in [0.5, 0.6) is 0 Å². The highest BCUT2D eigenvalue weighted by molar-refractivity contribution is 5.30. The zero-order valence-electron chi connectivity index (χ0n) is 9.61. The zero-order chi connectivity index (χ0) is 15.0. The second-order valence-corrected chi connectivity index (χ2v) is 4.09. The van der Waals surface area contributed by atoms with Gasteiger partial charge in [0.2, 0.25) is 0 Å². The first kappa shape index (κ1) is 15.7. The van der Waals surface area contributed by atoms with E-state index in [2.05, 4.69) is 0 Å². The summed E-state index contributed by atoms with van der Waals surface area (Å²) >= 11 is 0. The summed E-state index contributed by atoms with van der Waals surface area (Å²) in [5, 5.41) is 0. The van der Waals surface area contributed by atoms with Gasteiger partial charge in [0.25, 0.3) is 0 Å². The van der Waals surface area contributed by atoms with E-state index in [4.69, 9.17) is 5.73 Å². The van der Waals surface area contributed by atoms with E-state index in [0.29, 0.717) is 0 Å². The van der Waals surface area contributed by atoms with Crippen LogP contribution < -0.4 is 5.73 Å². The molecule has 1 aromatic rings. The van der Waals surface area contributed by atoms with Crippen molar-refractivity contribution in [2.45, 2.75) is 25.3 Å². The Kier molecular flexibility index (Phi) is 4.14. The molecule has 108 valence electrons. The van der Waals surface area contributed by atoms with E-state index in [0.717, 1.165) is 18.2 Å². The van der Waals surface area contributed by atoms with Crippen LogP contribution >= 0.6 is 0 Å². The fourth-order valence-corrected chi connectivity index (χ4v) is 1.79. The van der Waals surface area contributed by atoms with Gasteiger partial charge >= 0.3 is 12.4 Å². The third kappa shape index (κ3) is 3.59. The molecule has 0 aliphatic heterocycles. The van der Waals surface area contributed by atoms with Crippen LogP contribution in [0.1, 0.15) is 17.2 Å². The van der Waals surface area contributed by atoms with Gasteiger partial charge in [-0.25, -0.2) is 4.39 Å². The molecule has 0 aromatic heterocycles. The van der Waals surface area contributed by atoms with Crippen LogP contribution in [0, 0.1) is 18.7 Å². The first-order chi connectivity index (χ1) is 8.44. The first-order valence-electron chi connectivity index (χ1n) is 5.09. The summed E-state index contributed by atoms with van der Waals surface area (Å²) in [6.07, 6.45) is -11.1. The molecule has 2 N–H and O–H groups in total. The van der Waals surface area contributed by atoms with Crippen LogP contribution in [0.3, 0.4) is 0 Å². The number of nitrogens with two attached hydrogens (primary N) is 1. The molecule has 0 spiro atoms. The maximum absolute atomic E-state index is 12.8. The average Bonchev–Trinajstić information content (AvgIpc) is 2.11. The van der Waals surface area contributed by atoms with E-state index in [1.807, 2.05) is 0 Å². The normalized spacial score (nSPS) is 14.8. The summed E-state index contributed by atoms with van der Waals surface area (Å²) in [4.78, 5) is 0. The smallest absolute Gasteiger partial charge is 0.323 e. The molecule has 1 rings (SSSR count). The maximum Gasteiger partial charge on any atom is 0.402 e. The Balaban J connectivity index is 3.24. The molecular weight excluding hydrogens is 279 g/mol. The van der Waals surface area contributed by atoms with Gasteiger partial charge in [0, 0.05) is 0 Å². The molecule has 19 heavy (non-hydrogen) atoms. The van der Waals surface area contributed by atoms with Crippen molar-refractivity contribution >= 4 is 0 Å². The van der Waals surface area contributed by atoms with Gasteiger partial charge in [-0.1, -0.05) is 6.07 Å². The lowest BCUT2D eigenvalue weighted by molar-refractivity contribution is -0.290. The average molecular weight is 289 g/mol. The minimum absolute atomic E-state index is 0.0639. The van der Waals surface area contributed by atoms with Crippen molar-refractivity contribution in [2.24, 2.45) is 11.7 Å². The van der Waals surface area contributed by atoms with E-state index in [1.165, 1.54) is 6.92 Å². The van der Waals surface area contributed by atoms with Crippen molar-refractivity contribution < 1.29 is 30.7 Å². The van der Waals surface area contributed by atoms with E-state index in [9.17, 15) is 30.7 Å². The molecule has 0 aliphatic carbocycles. The highest BCUT2D eigenvalue weighted by atomic mass is 19.4. The van der Waals surface area contributed by atoms with Gasteiger partial charge in [0.05, 0.1) is 6.04 Å². The number of alkyl halides is 6. The highest BCUT2D eigenvalue weighted by Gasteiger charge is 2.59. The van der Waals surface area contributed by atoms with E-state index in [-0.39, 0.29) is 11.1 Å². The van der Waals surface area contributed by atoms with Crippen LogP contribution in [-0.4, -0.2) is 12.4 Å². The van der Waals surface area contributed by atoms with E-state index in [1.54, 1.807) is 0 Å². The first-order valence-corrected chi connectivity index (χ1v) is 5.09. The summed E-state index contributed by atoms with van der Waals surface area (Å²) in [5.74, 6) is -4.45. The molecule has 1 nitrogen and oxygen atoms in total. The van der Waals surface area contributed by atoms with Crippen molar-refractivity contribution in [1.82, 2.24) is 0 Å². The van der Waals surface area contributed by atoms with E-state index < -0.39 is 30.1 Å². The second kappa shape index (κ2) is 4.99. The third-order valence-electron chi connectivity index (χ3n) is 2.66. The minimum atomic E-state index is -5.53. The maximum atomic E-state index is 12.8. The number of halogens is 7. The largest absolute Gasteiger partial charge is 0.402 e. The van der Waals surface area contributed by atoms with Crippen molar-refractivity contribution in [3.8, 4) is 0 Å². The molecule has 0 amide bonds. The lowest BCUT2D eigenvalue weighted by atomic mass is 9.90.